The van der Waals surface area contributed by atoms with Crippen molar-refractivity contribution in [3.05, 3.63) is 83.2 Å². The lowest BCUT2D eigenvalue weighted by atomic mass is 9.99. The van der Waals surface area contributed by atoms with Crippen LogP contribution in [0, 0.1) is 6.92 Å². The lowest BCUT2D eigenvalue weighted by Crippen LogP contribution is -2.25. The molecule has 0 radical (unpaired) electrons. The highest BCUT2D eigenvalue weighted by Crippen LogP contribution is 2.34. The molecule has 0 aliphatic heterocycles. The lowest BCUT2D eigenvalue weighted by Gasteiger charge is -2.19. The normalized spacial score (nSPS) is 12.2. The van der Waals surface area contributed by atoms with Crippen molar-refractivity contribution in [2.45, 2.75) is 32.2 Å². The number of halogens is 2. The van der Waals surface area contributed by atoms with E-state index in [1.54, 1.807) is 41.1 Å². The Hall–Kier alpha value is -4.60. The quantitative estimate of drug-likeness (QED) is 0.281. The van der Waals surface area contributed by atoms with Crippen LogP contribution >= 0.6 is 0 Å². The fourth-order valence-corrected chi connectivity index (χ4v) is 4.37. The molecule has 0 bridgehead atoms. The van der Waals surface area contributed by atoms with E-state index in [1.165, 1.54) is 17.0 Å². The Morgan fingerprint density at radius 3 is 2.42 bits per heavy atom. The minimum atomic E-state index is -4.00. The standard InChI is InChI=1S/C30H30F2N4O4/c1-17(19-7-6-8-23(14-19)30(31,32)29(38)39)33-28-24-15-21(9-11-25(24)34-18(2)35-28)20-10-12-26(40-5)22(13-20)16-27(37)36(3)4/h6-15,17H,16H2,1-5H3,(H,38,39)(H,33,34,35). The average molecular weight is 549 g/mol. The van der Waals surface area contributed by atoms with Gasteiger partial charge in [0, 0.05) is 36.7 Å². The van der Waals surface area contributed by atoms with Crippen LogP contribution in [0.3, 0.4) is 0 Å². The number of carboxylic acids is 1. The number of aliphatic carboxylic acids is 1. The molecule has 208 valence electrons. The number of carbonyl (C=O) groups excluding carboxylic acids is 1. The number of nitrogens with zero attached hydrogens (tertiary/aromatic N) is 3. The summed E-state index contributed by atoms with van der Waals surface area (Å²) in [5, 5.41) is 12.9. The van der Waals surface area contributed by atoms with Gasteiger partial charge in [-0.15, -0.1) is 0 Å². The van der Waals surface area contributed by atoms with Gasteiger partial charge in [0.15, 0.2) is 0 Å². The predicted molar refractivity (Wildman–Crippen MR) is 149 cm³/mol. The number of aromatic nitrogens is 2. The van der Waals surface area contributed by atoms with Crippen molar-refractivity contribution in [1.82, 2.24) is 14.9 Å². The van der Waals surface area contributed by atoms with Gasteiger partial charge in [0.25, 0.3) is 0 Å². The van der Waals surface area contributed by atoms with E-state index in [0.29, 0.717) is 33.9 Å². The summed E-state index contributed by atoms with van der Waals surface area (Å²) in [5.74, 6) is -4.62. The number of methoxy groups -OCH3 is 1. The monoisotopic (exact) mass is 548 g/mol. The third-order valence-electron chi connectivity index (χ3n) is 6.63. The van der Waals surface area contributed by atoms with Crippen LogP contribution in [0.4, 0.5) is 14.6 Å². The number of carboxylic acid groups (broad SMARTS) is 1. The van der Waals surface area contributed by atoms with Gasteiger partial charge in [0.05, 0.1) is 19.0 Å². The summed E-state index contributed by atoms with van der Waals surface area (Å²) >= 11 is 0. The smallest absolute Gasteiger partial charge is 0.379 e. The Morgan fingerprint density at radius 2 is 1.75 bits per heavy atom. The fraction of sp³-hybridized carbons (Fsp3) is 0.267. The number of aryl methyl sites for hydroxylation is 1. The van der Waals surface area contributed by atoms with Gasteiger partial charge in [-0.2, -0.15) is 8.78 Å². The molecule has 0 saturated heterocycles. The summed E-state index contributed by atoms with van der Waals surface area (Å²) in [6, 6.07) is 16.2. The Morgan fingerprint density at radius 1 is 1.05 bits per heavy atom. The summed E-state index contributed by atoms with van der Waals surface area (Å²) in [6.45, 7) is 3.54. The zero-order chi connectivity index (χ0) is 29.2. The Bertz CT molecular complexity index is 1590. The second-order valence-electron chi connectivity index (χ2n) is 9.71. The van der Waals surface area contributed by atoms with Crippen molar-refractivity contribution < 1.29 is 28.2 Å². The van der Waals surface area contributed by atoms with Crippen molar-refractivity contribution in [3.8, 4) is 16.9 Å². The molecule has 1 atom stereocenters. The molecule has 1 heterocycles. The number of nitrogens with one attached hydrogen (secondary N) is 1. The van der Waals surface area contributed by atoms with Crippen molar-refractivity contribution >= 4 is 28.6 Å². The first-order chi connectivity index (χ1) is 18.9. The van der Waals surface area contributed by atoms with Gasteiger partial charge in [-0.1, -0.05) is 30.3 Å². The Kier molecular flexibility index (Phi) is 7.99. The van der Waals surface area contributed by atoms with E-state index in [4.69, 9.17) is 9.84 Å². The predicted octanol–water partition coefficient (Wildman–Crippen LogP) is 5.59. The molecule has 40 heavy (non-hydrogen) atoms. The van der Waals surface area contributed by atoms with Gasteiger partial charge < -0.3 is 20.1 Å². The zero-order valence-electron chi connectivity index (χ0n) is 22.8. The first-order valence-electron chi connectivity index (χ1n) is 12.5. The maximum Gasteiger partial charge on any atom is 0.379 e. The van der Waals surface area contributed by atoms with E-state index in [-0.39, 0.29) is 12.3 Å². The summed E-state index contributed by atoms with van der Waals surface area (Å²) in [5.41, 5.74) is 3.05. The molecule has 0 aliphatic rings. The maximum atomic E-state index is 14.1. The van der Waals surface area contributed by atoms with Crippen LogP contribution in [0.25, 0.3) is 22.0 Å². The number of hydrogen-bond donors (Lipinski definition) is 2. The number of alkyl halides is 2. The molecule has 4 rings (SSSR count). The highest BCUT2D eigenvalue weighted by atomic mass is 19.3. The number of likely N-dealkylation sites (N-methyl/N-ethyl adjacent to an activating group) is 1. The molecule has 10 heteroatoms. The van der Waals surface area contributed by atoms with Crippen molar-refractivity contribution in [2.24, 2.45) is 0 Å². The van der Waals surface area contributed by atoms with Gasteiger partial charge in [0.2, 0.25) is 5.91 Å². The molecule has 0 saturated carbocycles. The van der Waals surface area contributed by atoms with Crippen molar-refractivity contribution in [2.75, 3.05) is 26.5 Å². The summed E-state index contributed by atoms with van der Waals surface area (Å²) in [4.78, 5) is 34.1. The summed E-state index contributed by atoms with van der Waals surface area (Å²) in [6.07, 6.45) is 0.185. The highest BCUT2D eigenvalue weighted by Gasteiger charge is 2.41. The van der Waals surface area contributed by atoms with E-state index in [1.807, 2.05) is 36.4 Å². The van der Waals surface area contributed by atoms with Crippen molar-refractivity contribution in [3.63, 3.8) is 0 Å². The summed E-state index contributed by atoms with van der Waals surface area (Å²) < 4.78 is 33.7. The number of benzene rings is 3. The molecule has 0 fully saturated rings. The highest BCUT2D eigenvalue weighted by molar-refractivity contribution is 5.93. The van der Waals surface area contributed by atoms with Gasteiger partial charge in [-0.3, -0.25) is 4.79 Å². The van der Waals surface area contributed by atoms with E-state index in [2.05, 4.69) is 15.3 Å². The number of amides is 1. The first-order valence-corrected chi connectivity index (χ1v) is 12.5. The minimum Gasteiger partial charge on any atom is -0.496 e. The number of hydrogen-bond acceptors (Lipinski definition) is 6. The van der Waals surface area contributed by atoms with Crippen LogP contribution in [-0.2, 0) is 21.9 Å². The molecule has 2 N–H and O–H groups in total. The van der Waals surface area contributed by atoms with Crippen LogP contribution in [0.5, 0.6) is 5.75 Å². The van der Waals surface area contributed by atoms with E-state index >= 15 is 0 Å². The third kappa shape index (κ3) is 5.85. The number of fused-ring (bicyclic) bond motifs is 1. The van der Waals surface area contributed by atoms with Gasteiger partial charge in [0.1, 0.15) is 17.4 Å². The second-order valence-corrected chi connectivity index (χ2v) is 9.71. The van der Waals surface area contributed by atoms with Crippen LogP contribution < -0.4 is 10.1 Å². The summed E-state index contributed by atoms with van der Waals surface area (Å²) in [7, 11) is 4.97. The number of rotatable bonds is 9. The lowest BCUT2D eigenvalue weighted by molar-refractivity contribution is -0.166. The van der Waals surface area contributed by atoms with Crippen LogP contribution in [0.1, 0.15) is 35.5 Å². The Labute approximate surface area is 230 Å². The van der Waals surface area contributed by atoms with Crippen molar-refractivity contribution in [1.29, 1.82) is 0 Å². The second kappa shape index (κ2) is 11.3. The molecule has 4 aromatic rings. The van der Waals surface area contributed by atoms with Gasteiger partial charge in [-0.25, -0.2) is 14.8 Å². The average Bonchev–Trinajstić information content (AvgIpc) is 2.92. The number of ether oxygens (including phenoxy) is 1. The topological polar surface area (TPSA) is 105 Å². The van der Waals surface area contributed by atoms with Gasteiger partial charge >= 0.3 is 11.9 Å². The van der Waals surface area contributed by atoms with Crippen LogP contribution in [0.15, 0.2) is 60.7 Å². The maximum absolute atomic E-state index is 14.1. The number of carbonyl (C=O) groups is 2. The SMILES string of the molecule is COc1ccc(-c2ccc3nc(C)nc(NC(C)c4cccc(C(F)(F)C(=O)O)c4)c3c2)cc1CC(=O)N(C)C. The van der Waals surface area contributed by atoms with Crippen LogP contribution in [-0.4, -0.2) is 53.1 Å². The molecule has 1 unspecified atom stereocenters. The van der Waals surface area contributed by atoms with Crippen LogP contribution in [0.2, 0.25) is 0 Å². The largest absolute Gasteiger partial charge is 0.496 e. The molecule has 3 aromatic carbocycles. The van der Waals surface area contributed by atoms with E-state index < -0.39 is 23.5 Å². The molecule has 1 amide bonds. The molecule has 1 aromatic heterocycles. The molecule has 0 spiro atoms. The first kappa shape index (κ1) is 28.4. The zero-order valence-corrected chi connectivity index (χ0v) is 22.8. The van der Waals surface area contributed by atoms with E-state index in [9.17, 15) is 18.4 Å². The number of anilines is 1. The molecule has 8 nitrogen and oxygen atoms in total. The van der Waals surface area contributed by atoms with E-state index in [0.717, 1.165) is 22.8 Å². The molecular formula is C30H30F2N4O4. The molecule has 0 aliphatic carbocycles. The minimum absolute atomic E-state index is 0.0523. The fourth-order valence-electron chi connectivity index (χ4n) is 4.37. The third-order valence-corrected chi connectivity index (χ3v) is 6.63. The van der Waals surface area contributed by atoms with Gasteiger partial charge in [-0.05, 0) is 60.9 Å². The molecular weight excluding hydrogens is 518 g/mol. The Balaban J connectivity index is 1.72.